The molecule has 140 valence electrons. The fourth-order valence-electron chi connectivity index (χ4n) is 3.47. The predicted molar refractivity (Wildman–Crippen MR) is 100 cm³/mol. The predicted octanol–water partition coefficient (Wildman–Crippen LogP) is 3.26. The molecule has 5 nitrogen and oxygen atoms in total. The first kappa shape index (κ1) is 19.7. The Morgan fingerprint density at radius 3 is 2.44 bits per heavy atom. The third-order valence-electron chi connectivity index (χ3n) is 4.89. The van der Waals surface area contributed by atoms with Crippen molar-refractivity contribution in [1.29, 1.82) is 0 Å². The van der Waals surface area contributed by atoms with Crippen LogP contribution in [0.3, 0.4) is 0 Å². The van der Waals surface area contributed by atoms with Crippen molar-refractivity contribution in [3.63, 3.8) is 0 Å². The van der Waals surface area contributed by atoms with E-state index in [2.05, 4.69) is 37.5 Å². The number of aliphatic carboxylic acids is 1. The van der Waals surface area contributed by atoms with Crippen LogP contribution >= 0.6 is 0 Å². The van der Waals surface area contributed by atoms with E-state index in [9.17, 15) is 9.90 Å². The van der Waals surface area contributed by atoms with E-state index in [0.717, 1.165) is 43.9 Å². The van der Waals surface area contributed by atoms with Crippen LogP contribution in [-0.4, -0.2) is 59.7 Å². The summed E-state index contributed by atoms with van der Waals surface area (Å²) in [4.78, 5) is 16.5. The van der Waals surface area contributed by atoms with Gasteiger partial charge in [0.15, 0.2) is 0 Å². The number of hydrogen-bond donors (Lipinski definition) is 1. The molecule has 1 aliphatic rings. The number of rotatable bonds is 8. The molecule has 0 aliphatic carbocycles. The zero-order valence-corrected chi connectivity index (χ0v) is 15.9. The molecule has 0 aromatic heterocycles. The van der Waals surface area contributed by atoms with Gasteiger partial charge >= 0.3 is 5.97 Å². The lowest BCUT2D eigenvalue weighted by molar-refractivity contribution is -0.145. The number of likely N-dealkylation sites (N-methyl/N-ethyl adjacent to an activating group) is 1. The Kier molecular flexibility index (Phi) is 7.26. The van der Waals surface area contributed by atoms with Gasteiger partial charge < -0.3 is 9.84 Å². The van der Waals surface area contributed by atoms with Gasteiger partial charge in [-0.25, -0.2) is 0 Å². The van der Waals surface area contributed by atoms with Gasteiger partial charge in [0.1, 0.15) is 11.8 Å². The van der Waals surface area contributed by atoms with Gasteiger partial charge in [-0.3, -0.25) is 14.6 Å². The molecule has 1 aliphatic heterocycles. The van der Waals surface area contributed by atoms with Crippen LogP contribution in [-0.2, 0) is 4.79 Å². The fourth-order valence-corrected chi connectivity index (χ4v) is 3.47. The molecule has 2 unspecified atom stereocenters. The Morgan fingerprint density at radius 1 is 1.24 bits per heavy atom. The molecular weight excluding hydrogens is 316 g/mol. The topological polar surface area (TPSA) is 53.0 Å². The Balaban J connectivity index is 2.11. The number of carboxylic acid groups (broad SMARTS) is 1. The summed E-state index contributed by atoms with van der Waals surface area (Å²) in [6.45, 7) is 12.7. The number of ether oxygens (including phenoxy) is 1. The number of carboxylic acids is 1. The molecule has 1 saturated heterocycles. The summed E-state index contributed by atoms with van der Waals surface area (Å²) in [6, 6.07) is 7.38. The molecular formula is C20H32N2O3. The van der Waals surface area contributed by atoms with Gasteiger partial charge in [-0.05, 0) is 36.6 Å². The average Bonchev–Trinajstić information content (AvgIpc) is 2.60. The SMILES string of the molecule is CCC1CN(C(C(=O)O)c2ccc(OCC(C)C)cc2)CCN1CC. The molecule has 2 atom stereocenters. The van der Waals surface area contributed by atoms with E-state index in [0.29, 0.717) is 18.6 Å². The van der Waals surface area contributed by atoms with Crippen LogP contribution in [0, 0.1) is 5.92 Å². The largest absolute Gasteiger partial charge is 0.493 e. The van der Waals surface area contributed by atoms with Crippen LogP contribution in [0.5, 0.6) is 5.75 Å². The Hall–Kier alpha value is -1.59. The van der Waals surface area contributed by atoms with Crippen molar-refractivity contribution in [2.24, 2.45) is 5.92 Å². The molecule has 0 bridgehead atoms. The van der Waals surface area contributed by atoms with Crippen LogP contribution in [0.2, 0.25) is 0 Å². The van der Waals surface area contributed by atoms with Gasteiger partial charge in [0.25, 0.3) is 0 Å². The molecule has 1 heterocycles. The summed E-state index contributed by atoms with van der Waals surface area (Å²) >= 11 is 0. The maximum absolute atomic E-state index is 12.0. The van der Waals surface area contributed by atoms with Gasteiger partial charge in [-0.15, -0.1) is 0 Å². The summed E-state index contributed by atoms with van der Waals surface area (Å²) in [5.41, 5.74) is 0.823. The van der Waals surface area contributed by atoms with Crippen LogP contribution in [0.4, 0.5) is 0 Å². The number of hydrogen-bond acceptors (Lipinski definition) is 4. The minimum atomic E-state index is -0.782. The summed E-state index contributed by atoms with van der Waals surface area (Å²) in [7, 11) is 0. The van der Waals surface area contributed by atoms with Crippen molar-refractivity contribution >= 4 is 5.97 Å². The maximum atomic E-state index is 12.0. The van der Waals surface area contributed by atoms with Crippen molar-refractivity contribution < 1.29 is 14.6 Å². The zero-order valence-electron chi connectivity index (χ0n) is 15.9. The van der Waals surface area contributed by atoms with E-state index in [-0.39, 0.29) is 0 Å². The molecule has 0 radical (unpaired) electrons. The maximum Gasteiger partial charge on any atom is 0.325 e. The third kappa shape index (κ3) is 5.19. The minimum absolute atomic E-state index is 0.425. The van der Waals surface area contributed by atoms with Crippen LogP contribution in [0.1, 0.15) is 45.7 Å². The second-order valence-electron chi connectivity index (χ2n) is 7.20. The Labute approximate surface area is 151 Å². The van der Waals surface area contributed by atoms with Crippen molar-refractivity contribution in [3.8, 4) is 5.75 Å². The molecule has 2 rings (SSSR count). The highest BCUT2D eigenvalue weighted by Gasteiger charge is 2.33. The number of benzene rings is 1. The highest BCUT2D eigenvalue weighted by molar-refractivity contribution is 5.75. The first-order valence-corrected chi connectivity index (χ1v) is 9.39. The van der Waals surface area contributed by atoms with Gasteiger partial charge in [-0.1, -0.05) is 39.8 Å². The Bertz CT molecular complexity index is 544. The number of carbonyl (C=O) groups is 1. The van der Waals surface area contributed by atoms with E-state index >= 15 is 0 Å². The lowest BCUT2D eigenvalue weighted by Crippen LogP contribution is -2.54. The molecule has 0 amide bonds. The van der Waals surface area contributed by atoms with Crippen molar-refractivity contribution in [1.82, 2.24) is 9.80 Å². The number of piperazine rings is 1. The highest BCUT2D eigenvalue weighted by atomic mass is 16.5. The van der Waals surface area contributed by atoms with Crippen LogP contribution < -0.4 is 4.74 Å². The lowest BCUT2D eigenvalue weighted by atomic mass is 10.0. The van der Waals surface area contributed by atoms with E-state index in [1.807, 2.05) is 24.3 Å². The second kappa shape index (κ2) is 9.20. The third-order valence-corrected chi connectivity index (χ3v) is 4.89. The van der Waals surface area contributed by atoms with Gasteiger partial charge in [0.05, 0.1) is 6.61 Å². The summed E-state index contributed by atoms with van der Waals surface area (Å²) < 4.78 is 5.70. The van der Waals surface area contributed by atoms with Crippen molar-refractivity contribution in [2.75, 3.05) is 32.8 Å². The summed E-state index contributed by atoms with van der Waals surface area (Å²) in [6.07, 6.45) is 1.04. The van der Waals surface area contributed by atoms with E-state index < -0.39 is 12.0 Å². The smallest absolute Gasteiger partial charge is 0.325 e. The molecule has 0 spiro atoms. The lowest BCUT2D eigenvalue weighted by Gasteiger charge is -2.43. The molecule has 5 heteroatoms. The van der Waals surface area contributed by atoms with Gasteiger partial charge in [-0.2, -0.15) is 0 Å². The highest BCUT2D eigenvalue weighted by Crippen LogP contribution is 2.27. The first-order chi connectivity index (χ1) is 12.0. The van der Waals surface area contributed by atoms with Crippen molar-refractivity contribution in [2.45, 2.75) is 46.2 Å². The van der Waals surface area contributed by atoms with E-state index in [1.165, 1.54) is 0 Å². The molecule has 1 aromatic rings. The van der Waals surface area contributed by atoms with Crippen molar-refractivity contribution in [3.05, 3.63) is 29.8 Å². The first-order valence-electron chi connectivity index (χ1n) is 9.39. The molecule has 0 saturated carbocycles. The Morgan fingerprint density at radius 2 is 1.92 bits per heavy atom. The van der Waals surface area contributed by atoms with Crippen LogP contribution in [0.15, 0.2) is 24.3 Å². The molecule has 1 fully saturated rings. The fraction of sp³-hybridized carbons (Fsp3) is 0.650. The van der Waals surface area contributed by atoms with Gasteiger partial charge in [0, 0.05) is 25.7 Å². The van der Waals surface area contributed by atoms with Gasteiger partial charge in [0.2, 0.25) is 0 Å². The molecule has 1 aromatic carbocycles. The average molecular weight is 348 g/mol. The van der Waals surface area contributed by atoms with E-state index in [1.54, 1.807) is 0 Å². The number of nitrogens with zero attached hydrogens (tertiary/aromatic N) is 2. The van der Waals surface area contributed by atoms with Crippen LogP contribution in [0.25, 0.3) is 0 Å². The van der Waals surface area contributed by atoms with E-state index in [4.69, 9.17) is 4.74 Å². The molecule has 25 heavy (non-hydrogen) atoms. The standard InChI is InChI=1S/C20H32N2O3/c1-5-17-13-22(12-11-21(17)6-2)19(20(23)24)16-7-9-18(10-8-16)25-14-15(3)4/h7-10,15,17,19H,5-6,11-14H2,1-4H3,(H,23,24). The summed E-state index contributed by atoms with van der Waals surface area (Å²) in [5.74, 6) is 0.478. The quantitative estimate of drug-likeness (QED) is 0.781. The molecule has 1 N–H and O–H groups in total. The minimum Gasteiger partial charge on any atom is -0.493 e. The normalized spacial score (nSPS) is 20.6. The summed E-state index contributed by atoms with van der Waals surface area (Å²) in [5, 5.41) is 9.82. The monoisotopic (exact) mass is 348 g/mol. The second-order valence-corrected chi connectivity index (χ2v) is 7.20. The zero-order chi connectivity index (χ0) is 18.4.